The lowest BCUT2D eigenvalue weighted by atomic mass is 9.80. The number of hydrogen-bond donors (Lipinski definition) is 0. The number of halogens is 1. The second-order valence-electron chi connectivity index (χ2n) is 13.0. The molecule has 2 atom stereocenters. The van der Waals surface area contributed by atoms with Crippen LogP contribution >= 0.6 is 0 Å². The van der Waals surface area contributed by atoms with Crippen molar-refractivity contribution in [2.45, 2.75) is 58.2 Å². The number of piperazine rings is 1. The second-order valence-corrected chi connectivity index (χ2v) is 13.0. The van der Waals surface area contributed by atoms with Gasteiger partial charge in [0.15, 0.2) is 5.83 Å². The van der Waals surface area contributed by atoms with Gasteiger partial charge in [0.1, 0.15) is 18.5 Å². The summed E-state index contributed by atoms with van der Waals surface area (Å²) in [5, 5.41) is 2.46. The van der Waals surface area contributed by atoms with Crippen LogP contribution in [0, 0.1) is 19.4 Å². The molecule has 1 aromatic heterocycles. The maximum atomic E-state index is 13.9. The maximum Gasteiger partial charge on any atom is 0.318 e. The van der Waals surface area contributed by atoms with Gasteiger partial charge in [-0.2, -0.15) is 9.97 Å². The van der Waals surface area contributed by atoms with Crippen LogP contribution in [0.25, 0.3) is 15.6 Å². The van der Waals surface area contributed by atoms with Gasteiger partial charge in [-0.15, -0.1) is 0 Å². The van der Waals surface area contributed by atoms with E-state index in [0.717, 1.165) is 42.5 Å². The largest absolute Gasteiger partial charge is 0.462 e. The topological polar surface area (TPSA) is 69.4 Å². The minimum Gasteiger partial charge on any atom is -0.462 e. The highest BCUT2D eigenvalue weighted by Crippen LogP contribution is 2.36. The molecule has 1 aliphatic carbocycles. The Kier molecular flexibility index (Phi) is 9.41. The molecule has 0 radical (unpaired) electrons. The summed E-state index contributed by atoms with van der Waals surface area (Å²) in [6.07, 6.45) is 4.65. The van der Waals surface area contributed by atoms with Crippen molar-refractivity contribution in [1.29, 1.82) is 0 Å². The van der Waals surface area contributed by atoms with Gasteiger partial charge in [-0.1, -0.05) is 43.3 Å². The molecule has 1 saturated carbocycles. The summed E-state index contributed by atoms with van der Waals surface area (Å²) in [4.78, 5) is 34.4. The molecule has 10 heteroatoms. The first-order chi connectivity index (χ1) is 22.2. The Balaban J connectivity index is 1.29. The molecular weight excluding hydrogens is 581 g/mol. The van der Waals surface area contributed by atoms with Crippen LogP contribution in [0.1, 0.15) is 43.0 Å². The van der Waals surface area contributed by atoms with Crippen LogP contribution in [-0.4, -0.2) is 90.7 Å². The molecule has 242 valence electrons. The number of amides is 1. The van der Waals surface area contributed by atoms with E-state index in [1.54, 1.807) is 0 Å². The van der Waals surface area contributed by atoms with Crippen LogP contribution in [0.2, 0.25) is 0 Å². The zero-order valence-electron chi connectivity index (χ0n) is 27.2. The maximum absolute atomic E-state index is 13.9. The summed E-state index contributed by atoms with van der Waals surface area (Å²) < 4.78 is 20.1. The molecule has 1 amide bonds. The molecule has 2 fully saturated rings. The van der Waals surface area contributed by atoms with Crippen molar-refractivity contribution in [2.24, 2.45) is 5.92 Å². The van der Waals surface area contributed by atoms with Crippen molar-refractivity contribution in [1.82, 2.24) is 19.8 Å². The monoisotopic (exact) mass is 625 g/mol. The third-order valence-electron chi connectivity index (χ3n) is 10.2. The lowest BCUT2D eigenvalue weighted by molar-refractivity contribution is -0.131. The molecule has 0 bridgehead atoms. The fourth-order valence-electron chi connectivity index (χ4n) is 7.19. The lowest BCUT2D eigenvalue weighted by Crippen LogP contribution is -2.57. The lowest BCUT2D eigenvalue weighted by Gasteiger charge is -2.41. The van der Waals surface area contributed by atoms with Crippen molar-refractivity contribution in [3.8, 4) is 6.01 Å². The fraction of sp³-hybridized carbons (Fsp3) is 0.500. The number of hydrogen-bond acceptors (Lipinski definition) is 7. The zero-order chi connectivity index (χ0) is 32.4. The molecule has 6 rings (SSSR count). The van der Waals surface area contributed by atoms with E-state index in [0.29, 0.717) is 38.3 Å². The molecular formula is C36H44FN7O2. The summed E-state index contributed by atoms with van der Waals surface area (Å²) in [5.74, 6) is -0.211. The normalized spacial score (nSPS) is 19.0. The third kappa shape index (κ3) is 6.38. The van der Waals surface area contributed by atoms with Crippen LogP contribution in [0.5, 0.6) is 6.01 Å². The standard InChI is InChI=1S/C36H44FN7O2/c1-24-9-6-12-28-13-8-14-32(33(24)28)42-16-15-30-31(23-42)39-36(46-20-19-41(5)26(3)27-10-7-11-27)40-34(30)43-17-18-44(35(45)25(2)37)29(22-43)21-38-4/h6,8-9,12-14,26-27,29H,2,7,10-11,15-23H2,1,3,5H3/t26-,29+/m1/s1. The number of fused-ring (bicyclic) bond motifs is 2. The highest BCUT2D eigenvalue weighted by molar-refractivity contribution is 5.97. The van der Waals surface area contributed by atoms with E-state index in [4.69, 9.17) is 21.3 Å². The van der Waals surface area contributed by atoms with Crippen LogP contribution in [-0.2, 0) is 17.8 Å². The summed E-state index contributed by atoms with van der Waals surface area (Å²) in [5.41, 5.74) is 4.41. The van der Waals surface area contributed by atoms with E-state index in [1.165, 1.54) is 46.2 Å². The van der Waals surface area contributed by atoms with Gasteiger partial charge in [-0.25, -0.2) is 11.0 Å². The number of ether oxygens (including phenoxy) is 1. The van der Waals surface area contributed by atoms with Gasteiger partial charge >= 0.3 is 6.01 Å². The van der Waals surface area contributed by atoms with E-state index < -0.39 is 17.8 Å². The van der Waals surface area contributed by atoms with Crippen molar-refractivity contribution in [3.63, 3.8) is 0 Å². The Hall–Kier alpha value is -4.23. The van der Waals surface area contributed by atoms with E-state index in [-0.39, 0.29) is 13.1 Å². The first-order valence-corrected chi connectivity index (χ1v) is 16.4. The van der Waals surface area contributed by atoms with Crippen molar-refractivity contribution >= 4 is 28.2 Å². The number of carbonyl (C=O) groups excluding carboxylic acids is 1. The average molecular weight is 626 g/mol. The highest BCUT2D eigenvalue weighted by atomic mass is 19.1. The molecule has 46 heavy (non-hydrogen) atoms. The SMILES string of the molecule is [C-]#[N+]C[C@H]1CN(c2nc(OCCN(C)[C@H](C)C3CCC3)nc3c2CCN(c2cccc4cccc(C)c24)C3)CCN1C(=O)C(=C)F. The summed E-state index contributed by atoms with van der Waals surface area (Å²) >= 11 is 0. The number of aryl methyl sites for hydroxylation is 1. The van der Waals surface area contributed by atoms with Gasteiger partial charge < -0.3 is 29.2 Å². The molecule has 2 aliphatic heterocycles. The Morgan fingerprint density at radius 2 is 1.96 bits per heavy atom. The molecule has 0 unspecified atom stereocenters. The second kappa shape index (κ2) is 13.6. The van der Waals surface area contributed by atoms with Gasteiger partial charge in [0, 0.05) is 55.4 Å². The average Bonchev–Trinajstić information content (AvgIpc) is 3.03. The van der Waals surface area contributed by atoms with Gasteiger partial charge in [0.25, 0.3) is 5.91 Å². The minimum atomic E-state index is -1.00. The fourth-order valence-corrected chi connectivity index (χ4v) is 7.19. The third-order valence-corrected chi connectivity index (χ3v) is 10.2. The molecule has 3 aromatic rings. The van der Waals surface area contributed by atoms with E-state index >= 15 is 0 Å². The smallest absolute Gasteiger partial charge is 0.318 e. The molecule has 3 heterocycles. The van der Waals surface area contributed by atoms with Gasteiger partial charge in [0.2, 0.25) is 6.54 Å². The number of anilines is 2. The van der Waals surface area contributed by atoms with Gasteiger partial charge in [-0.05, 0) is 63.1 Å². The molecule has 1 saturated heterocycles. The predicted octanol–water partition coefficient (Wildman–Crippen LogP) is 5.42. The van der Waals surface area contributed by atoms with Gasteiger partial charge in [0.05, 0.1) is 12.2 Å². The van der Waals surface area contributed by atoms with Crippen LogP contribution in [0.15, 0.2) is 48.8 Å². The van der Waals surface area contributed by atoms with Crippen molar-refractivity contribution in [2.75, 3.05) is 62.7 Å². The van der Waals surface area contributed by atoms with Crippen molar-refractivity contribution in [3.05, 3.63) is 77.0 Å². The summed E-state index contributed by atoms with van der Waals surface area (Å²) in [6, 6.07) is 13.2. The Morgan fingerprint density at radius 1 is 1.17 bits per heavy atom. The number of carbonyl (C=O) groups is 1. The molecule has 3 aliphatic rings. The van der Waals surface area contributed by atoms with Crippen LogP contribution < -0.4 is 14.5 Å². The summed E-state index contributed by atoms with van der Waals surface area (Å²) in [7, 11) is 2.15. The van der Waals surface area contributed by atoms with Crippen molar-refractivity contribution < 1.29 is 13.9 Å². The highest BCUT2D eigenvalue weighted by Gasteiger charge is 2.36. The van der Waals surface area contributed by atoms with E-state index in [1.807, 2.05) is 0 Å². The first-order valence-electron chi connectivity index (χ1n) is 16.4. The van der Waals surface area contributed by atoms with Crippen LogP contribution in [0.3, 0.4) is 0 Å². The van der Waals surface area contributed by atoms with Crippen LogP contribution in [0.4, 0.5) is 15.9 Å². The quantitative estimate of drug-likeness (QED) is 0.220. The Bertz CT molecular complexity index is 1650. The number of rotatable bonds is 10. The van der Waals surface area contributed by atoms with E-state index in [9.17, 15) is 9.18 Å². The number of likely N-dealkylation sites (N-methyl/N-ethyl adjacent to an activating group) is 1. The Labute approximate surface area is 271 Å². The number of aromatic nitrogens is 2. The van der Waals surface area contributed by atoms with E-state index in [2.05, 4.69) is 83.4 Å². The molecule has 0 spiro atoms. The number of nitrogens with zero attached hydrogens (tertiary/aromatic N) is 7. The molecule has 2 aromatic carbocycles. The number of benzene rings is 2. The minimum absolute atomic E-state index is 0.0753. The molecule has 9 nitrogen and oxygen atoms in total. The van der Waals surface area contributed by atoms with Gasteiger partial charge in [-0.3, -0.25) is 4.79 Å². The molecule has 0 N–H and O–H groups in total. The summed E-state index contributed by atoms with van der Waals surface area (Å²) in [6.45, 7) is 19.0. The zero-order valence-corrected chi connectivity index (χ0v) is 27.2. The first kappa shape index (κ1) is 31.7. The predicted molar refractivity (Wildman–Crippen MR) is 180 cm³/mol. The Morgan fingerprint density at radius 3 is 2.67 bits per heavy atom.